The van der Waals surface area contributed by atoms with Crippen molar-refractivity contribution in [2.75, 3.05) is 4.90 Å². The first-order chi connectivity index (χ1) is 27.7. The van der Waals surface area contributed by atoms with Crippen LogP contribution in [0.1, 0.15) is 43.2 Å². The monoisotopic (exact) mass is 718 g/mol. The molecule has 5 unspecified atom stereocenters. The smallest absolute Gasteiger partial charge is 0.0561 e. The largest absolute Gasteiger partial charge is 0.310 e. The fourth-order valence-corrected chi connectivity index (χ4v) is 12.5. The molecule has 2 bridgehead atoms. The number of anilines is 3. The molecule has 3 saturated carbocycles. The van der Waals surface area contributed by atoms with Gasteiger partial charge in [0.2, 0.25) is 0 Å². The molecule has 0 amide bonds. The summed E-state index contributed by atoms with van der Waals surface area (Å²) in [4.78, 5) is 2.52. The average Bonchev–Trinajstić information content (AvgIpc) is 3.81. The Morgan fingerprint density at radius 2 is 1.16 bits per heavy atom. The van der Waals surface area contributed by atoms with E-state index >= 15 is 0 Å². The first-order valence-electron chi connectivity index (χ1n) is 20.8. The Balaban J connectivity index is 1.05. The maximum Gasteiger partial charge on any atom is 0.0561 e. The van der Waals surface area contributed by atoms with Crippen LogP contribution in [-0.2, 0) is 5.41 Å². The van der Waals surface area contributed by atoms with Gasteiger partial charge in [-0.1, -0.05) is 115 Å². The van der Waals surface area contributed by atoms with E-state index in [0.29, 0.717) is 0 Å². The van der Waals surface area contributed by atoms with Crippen molar-refractivity contribution >= 4 is 60.4 Å². The summed E-state index contributed by atoms with van der Waals surface area (Å²) in [7, 11) is 0. The van der Waals surface area contributed by atoms with E-state index in [0.717, 1.165) is 29.4 Å². The summed E-state index contributed by atoms with van der Waals surface area (Å²) in [5.41, 5.74) is 13.4. The Morgan fingerprint density at radius 3 is 2.09 bits per heavy atom. The van der Waals surface area contributed by atoms with Gasteiger partial charge in [0, 0.05) is 38.9 Å². The Morgan fingerprint density at radius 1 is 0.482 bits per heavy atom. The molecular weight excluding hydrogens is 677 g/mol. The summed E-state index contributed by atoms with van der Waals surface area (Å²) in [5.74, 6) is 3.54. The lowest BCUT2D eigenvalue weighted by Crippen LogP contribution is -2.47. The fourth-order valence-electron chi connectivity index (χ4n) is 12.5. The van der Waals surface area contributed by atoms with Gasteiger partial charge in [-0.2, -0.15) is 0 Å². The van der Waals surface area contributed by atoms with Gasteiger partial charge in [-0.05, 0) is 154 Å². The number of rotatable bonds is 4. The van der Waals surface area contributed by atoms with Crippen molar-refractivity contribution in [1.29, 1.82) is 0 Å². The second-order valence-electron chi connectivity index (χ2n) is 17.3. The van der Waals surface area contributed by atoms with Crippen LogP contribution in [0.25, 0.3) is 60.2 Å². The molecular formula is C54H42N2. The lowest BCUT2D eigenvalue weighted by Gasteiger charge is -2.52. The number of nitrogens with zero attached hydrogens (tertiary/aromatic N) is 2. The van der Waals surface area contributed by atoms with Crippen molar-refractivity contribution in [1.82, 2.24) is 4.57 Å². The summed E-state index contributed by atoms with van der Waals surface area (Å²) >= 11 is 0. The minimum Gasteiger partial charge on any atom is -0.310 e. The van der Waals surface area contributed by atoms with Crippen molar-refractivity contribution < 1.29 is 0 Å². The number of fused-ring (bicyclic) bond motifs is 13. The van der Waals surface area contributed by atoms with Crippen LogP contribution < -0.4 is 4.90 Å². The van der Waals surface area contributed by atoms with Crippen LogP contribution in [0.3, 0.4) is 0 Å². The van der Waals surface area contributed by atoms with Gasteiger partial charge in [0.1, 0.15) is 0 Å². The topological polar surface area (TPSA) is 8.17 Å². The average molecular weight is 719 g/mol. The zero-order valence-corrected chi connectivity index (χ0v) is 31.4. The summed E-state index contributed by atoms with van der Waals surface area (Å²) in [6.07, 6.45) is 7.00. The predicted octanol–water partition coefficient (Wildman–Crippen LogP) is 14.3. The second-order valence-corrected chi connectivity index (χ2v) is 17.3. The van der Waals surface area contributed by atoms with Crippen molar-refractivity contribution in [2.45, 2.75) is 37.5 Å². The number of benzene rings is 8. The molecule has 2 nitrogen and oxygen atoms in total. The molecule has 0 radical (unpaired) electrons. The third-order valence-corrected chi connectivity index (χ3v) is 14.9. The first kappa shape index (κ1) is 31.1. The minimum absolute atomic E-state index is 0.144. The van der Waals surface area contributed by atoms with E-state index in [-0.39, 0.29) is 5.41 Å². The highest BCUT2D eigenvalue weighted by Gasteiger charge is 2.61. The van der Waals surface area contributed by atoms with Crippen molar-refractivity contribution in [3.8, 4) is 16.8 Å². The highest BCUT2D eigenvalue weighted by atomic mass is 15.1. The quantitative estimate of drug-likeness (QED) is 0.165. The Labute approximate surface area is 327 Å². The number of para-hydroxylation sites is 2. The van der Waals surface area contributed by atoms with E-state index in [2.05, 4.69) is 179 Å². The highest BCUT2D eigenvalue weighted by molar-refractivity contribution is 6.11. The molecule has 1 aromatic heterocycles. The van der Waals surface area contributed by atoms with E-state index in [1.54, 1.807) is 11.1 Å². The van der Waals surface area contributed by atoms with Crippen LogP contribution in [0.4, 0.5) is 17.1 Å². The first-order valence-corrected chi connectivity index (χ1v) is 20.8. The van der Waals surface area contributed by atoms with E-state index in [9.17, 15) is 0 Å². The number of hydrogen-bond donors (Lipinski definition) is 0. The second kappa shape index (κ2) is 11.5. The zero-order valence-electron chi connectivity index (χ0n) is 31.4. The van der Waals surface area contributed by atoms with Gasteiger partial charge in [-0.25, -0.2) is 0 Å². The molecule has 13 rings (SSSR count). The molecule has 0 aliphatic heterocycles. The van der Waals surface area contributed by atoms with Crippen LogP contribution in [0, 0.1) is 23.7 Å². The molecule has 4 aliphatic rings. The lowest BCUT2D eigenvalue weighted by molar-refractivity contribution is 0.0400. The van der Waals surface area contributed by atoms with E-state index in [1.807, 2.05) is 0 Å². The Bertz CT molecular complexity index is 3060. The van der Waals surface area contributed by atoms with Crippen molar-refractivity contribution in [2.24, 2.45) is 23.7 Å². The third-order valence-electron chi connectivity index (χ3n) is 14.9. The van der Waals surface area contributed by atoms with Gasteiger partial charge in [0.05, 0.1) is 11.0 Å². The van der Waals surface area contributed by atoms with Crippen LogP contribution >= 0.6 is 0 Å². The molecule has 0 saturated heterocycles. The molecule has 4 aliphatic carbocycles. The van der Waals surface area contributed by atoms with Crippen LogP contribution in [0.2, 0.25) is 0 Å². The molecule has 3 fully saturated rings. The predicted molar refractivity (Wildman–Crippen MR) is 234 cm³/mol. The van der Waals surface area contributed by atoms with Gasteiger partial charge in [-0.3, -0.25) is 0 Å². The van der Waals surface area contributed by atoms with Gasteiger partial charge >= 0.3 is 0 Å². The fraction of sp³-hybridized carbons (Fsp3) is 0.185. The maximum absolute atomic E-state index is 2.55. The third kappa shape index (κ3) is 4.17. The summed E-state index contributed by atoms with van der Waals surface area (Å²) < 4.78 is 2.44. The standard InChI is InChI=1S/C54H42N2/c1-2-11-38(12-3-1)56-52-17-9-7-15-45(52)46-24-21-41(33-53(46)56)55(39-20-23-43-36(30-39)19-18-35-10-4-5-13-42(35)43)40-22-25-50-48(32-40)44-14-6-8-16-49(44)54(50)27-26-34-28-37-31-51(54)47(37)29-34/h1-25,30,32-34,37,47,51H,26-29,31H2. The van der Waals surface area contributed by atoms with Gasteiger partial charge in [0.25, 0.3) is 0 Å². The summed E-state index contributed by atoms with van der Waals surface area (Å²) in [6, 6.07) is 64.2. The molecule has 9 aromatic rings. The van der Waals surface area contributed by atoms with Crippen molar-refractivity contribution in [3.63, 3.8) is 0 Å². The van der Waals surface area contributed by atoms with E-state index in [1.165, 1.54) is 104 Å². The molecule has 5 atom stereocenters. The maximum atomic E-state index is 2.55. The molecule has 2 heteroatoms. The molecule has 1 heterocycles. The van der Waals surface area contributed by atoms with Crippen LogP contribution in [0.15, 0.2) is 170 Å². The van der Waals surface area contributed by atoms with Gasteiger partial charge in [0.15, 0.2) is 0 Å². The van der Waals surface area contributed by atoms with E-state index in [4.69, 9.17) is 0 Å². The van der Waals surface area contributed by atoms with Crippen LogP contribution in [-0.4, -0.2) is 4.57 Å². The Kier molecular flexibility index (Phi) is 6.37. The van der Waals surface area contributed by atoms with Crippen LogP contribution in [0.5, 0.6) is 0 Å². The minimum atomic E-state index is 0.144. The number of hydrogen-bond acceptors (Lipinski definition) is 1. The van der Waals surface area contributed by atoms with Crippen molar-refractivity contribution in [3.05, 3.63) is 181 Å². The zero-order chi connectivity index (χ0) is 36.5. The van der Waals surface area contributed by atoms with E-state index < -0.39 is 0 Å². The van der Waals surface area contributed by atoms with Gasteiger partial charge in [-0.15, -0.1) is 0 Å². The SMILES string of the molecule is c1ccc(-n2c3ccccc3c3ccc(N(c4ccc5c(c4)-c4ccccc4C54CCC5CC6CC4C6C5)c4ccc5c(ccc6ccccc65)c4)cc32)cc1. The molecule has 8 aromatic carbocycles. The molecule has 1 spiro atoms. The summed E-state index contributed by atoms with van der Waals surface area (Å²) in [5, 5.41) is 7.66. The number of aromatic nitrogens is 1. The lowest BCUT2D eigenvalue weighted by atomic mass is 9.51. The molecule has 268 valence electrons. The Hall–Kier alpha value is -6.12. The van der Waals surface area contributed by atoms with Gasteiger partial charge < -0.3 is 9.47 Å². The molecule has 56 heavy (non-hydrogen) atoms. The molecule has 0 N–H and O–H groups in total. The summed E-state index contributed by atoms with van der Waals surface area (Å²) in [6.45, 7) is 0. The normalized spacial score (nSPS) is 23.1. The highest BCUT2D eigenvalue weighted by Crippen LogP contribution is 2.69.